The van der Waals surface area contributed by atoms with Crippen molar-refractivity contribution >= 4 is 11.6 Å². The molecule has 5 heteroatoms. The minimum atomic E-state index is 0.154. The Hall–Kier alpha value is -1.59. The van der Waals surface area contributed by atoms with Gasteiger partial charge in [-0.3, -0.25) is 4.79 Å². The zero-order chi connectivity index (χ0) is 17.6. The number of carbonyl (C=O) groups is 1. The molecule has 0 aromatic heterocycles. The van der Waals surface area contributed by atoms with Crippen LogP contribution in [0.4, 0.5) is 5.69 Å². The molecule has 2 aliphatic rings. The fourth-order valence-corrected chi connectivity index (χ4v) is 3.85. The smallest absolute Gasteiger partial charge is 0.227 e. The highest BCUT2D eigenvalue weighted by Gasteiger charge is 2.26. The van der Waals surface area contributed by atoms with E-state index in [1.54, 1.807) is 7.11 Å². The predicted octanol–water partition coefficient (Wildman–Crippen LogP) is 2.26. The van der Waals surface area contributed by atoms with E-state index >= 15 is 0 Å². The van der Waals surface area contributed by atoms with Crippen LogP contribution in [0.3, 0.4) is 0 Å². The lowest BCUT2D eigenvalue weighted by Crippen LogP contribution is -2.37. The number of amides is 1. The van der Waals surface area contributed by atoms with Crippen molar-refractivity contribution < 1.29 is 9.53 Å². The van der Waals surface area contributed by atoms with Gasteiger partial charge >= 0.3 is 0 Å². The minimum absolute atomic E-state index is 0.154. The maximum Gasteiger partial charge on any atom is 0.227 e. The average Bonchev–Trinajstić information content (AvgIpc) is 3.21. The van der Waals surface area contributed by atoms with Crippen LogP contribution in [0.2, 0.25) is 0 Å². The summed E-state index contributed by atoms with van der Waals surface area (Å²) in [7, 11) is 1.80. The lowest BCUT2D eigenvalue weighted by molar-refractivity contribution is -0.135. The summed E-state index contributed by atoms with van der Waals surface area (Å²) >= 11 is 0. The van der Waals surface area contributed by atoms with Crippen molar-refractivity contribution in [1.82, 2.24) is 10.2 Å². The SMILES string of the molecule is CCN(Cc1ccc(N2CCC(OC)CC2)cc1)C(=O)[C@@H]1CCNC1. The maximum absolute atomic E-state index is 12.6. The number of methoxy groups -OCH3 is 1. The van der Waals surface area contributed by atoms with Gasteiger partial charge in [0.25, 0.3) is 0 Å². The highest BCUT2D eigenvalue weighted by molar-refractivity contribution is 5.79. The van der Waals surface area contributed by atoms with E-state index in [0.717, 1.165) is 52.0 Å². The molecule has 2 fully saturated rings. The van der Waals surface area contributed by atoms with Gasteiger partial charge in [0, 0.05) is 45.5 Å². The molecule has 0 bridgehead atoms. The maximum atomic E-state index is 12.6. The first-order valence-electron chi connectivity index (χ1n) is 9.57. The Morgan fingerprint density at radius 3 is 2.52 bits per heavy atom. The fourth-order valence-electron chi connectivity index (χ4n) is 3.85. The molecule has 1 aromatic carbocycles. The van der Waals surface area contributed by atoms with Gasteiger partial charge in [-0.15, -0.1) is 0 Å². The van der Waals surface area contributed by atoms with Crippen molar-refractivity contribution in [2.75, 3.05) is 44.7 Å². The van der Waals surface area contributed by atoms with E-state index in [1.807, 2.05) is 4.90 Å². The normalized spacial score (nSPS) is 21.5. The van der Waals surface area contributed by atoms with E-state index in [-0.39, 0.29) is 5.92 Å². The van der Waals surface area contributed by atoms with Crippen LogP contribution in [0.25, 0.3) is 0 Å². The molecule has 1 N–H and O–H groups in total. The van der Waals surface area contributed by atoms with Crippen LogP contribution in [0, 0.1) is 5.92 Å². The van der Waals surface area contributed by atoms with E-state index in [0.29, 0.717) is 18.6 Å². The summed E-state index contributed by atoms with van der Waals surface area (Å²) in [6, 6.07) is 8.72. The van der Waals surface area contributed by atoms with E-state index in [2.05, 4.69) is 41.4 Å². The number of benzene rings is 1. The Morgan fingerprint density at radius 2 is 1.96 bits per heavy atom. The number of nitrogens with zero attached hydrogens (tertiary/aromatic N) is 2. The van der Waals surface area contributed by atoms with Gasteiger partial charge in [-0.25, -0.2) is 0 Å². The Balaban J connectivity index is 1.57. The largest absolute Gasteiger partial charge is 0.381 e. The second kappa shape index (κ2) is 8.68. The Labute approximate surface area is 151 Å². The summed E-state index contributed by atoms with van der Waals surface area (Å²) in [4.78, 5) is 17.0. The summed E-state index contributed by atoms with van der Waals surface area (Å²) in [5.74, 6) is 0.444. The van der Waals surface area contributed by atoms with Crippen molar-refractivity contribution in [2.24, 2.45) is 5.92 Å². The second-order valence-electron chi connectivity index (χ2n) is 7.13. The quantitative estimate of drug-likeness (QED) is 0.859. The lowest BCUT2D eigenvalue weighted by Gasteiger charge is -2.33. The van der Waals surface area contributed by atoms with Gasteiger partial charge in [-0.2, -0.15) is 0 Å². The molecule has 2 heterocycles. The number of hydrogen-bond donors (Lipinski definition) is 1. The Morgan fingerprint density at radius 1 is 1.24 bits per heavy atom. The van der Waals surface area contributed by atoms with Crippen LogP contribution in [0.15, 0.2) is 24.3 Å². The van der Waals surface area contributed by atoms with Gasteiger partial charge in [0.15, 0.2) is 0 Å². The van der Waals surface area contributed by atoms with E-state index in [1.165, 1.54) is 11.3 Å². The molecule has 0 spiro atoms. The molecule has 2 aliphatic heterocycles. The minimum Gasteiger partial charge on any atom is -0.381 e. The molecule has 0 radical (unpaired) electrons. The molecular formula is C20H31N3O2. The first-order chi connectivity index (χ1) is 12.2. The van der Waals surface area contributed by atoms with Crippen LogP contribution in [-0.2, 0) is 16.1 Å². The third-order valence-corrected chi connectivity index (χ3v) is 5.55. The lowest BCUT2D eigenvalue weighted by atomic mass is 10.1. The summed E-state index contributed by atoms with van der Waals surface area (Å²) < 4.78 is 5.45. The van der Waals surface area contributed by atoms with Gasteiger partial charge in [0.05, 0.1) is 12.0 Å². The molecule has 1 aromatic rings. The van der Waals surface area contributed by atoms with Crippen molar-refractivity contribution in [1.29, 1.82) is 0 Å². The van der Waals surface area contributed by atoms with Gasteiger partial charge in [-0.1, -0.05) is 12.1 Å². The number of piperidine rings is 1. The molecule has 0 saturated carbocycles. The Kier molecular flexibility index (Phi) is 6.32. The molecule has 0 unspecified atom stereocenters. The third-order valence-electron chi connectivity index (χ3n) is 5.55. The number of nitrogens with one attached hydrogen (secondary N) is 1. The van der Waals surface area contributed by atoms with Gasteiger partial charge in [-0.05, 0) is 50.4 Å². The standard InChI is InChI=1S/C20H31N3O2/c1-3-22(20(24)17-8-11-21-14-17)15-16-4-6-18(7-5-16)23-12-9-19(25-2)10-13-23/h4-7,17,19,21H,3,8-15H2,1-2H3/t17-/m1/s1. The van der Waals surface area contributed by atoms with Gasteiger partial charge < -0.3 is 19.9 Å². The number of carbonyl (C=O) groups excluding carboxylic acids is 1. The number of ether oxygens (including phenoxy) is 1. The number of anilines is 1. The molecule has 5 nitrogen and oxygen atoms in total. The summed E-state index contributed by atoms with van der Waals surface area (Å²) in [6.07, 6.45) is 3.55. The zero-order valence-corrected chi connectivity index (χ0v) is 15.5. The first kappa shape index (κ1) is 18.2. The average molecular weight is 345 g/mol. The van der Waals surface area contributed by atoms with E-state index in [9.17, 15) is 4.79 Å². The highest BCUT2D eigenvalue weighted by atomic mass is 16.5. The fraction of sp³-hybridized carbons (Fsp3) is 0.650. The molecule has 1 atom stereocenters. The van der Waals surface area contributed by atoms with Gasteiger partial charge in [0.2, 0.25) is 5.91 Å². The Bertz CT molecular complexity index is 547. The topological polar surface area (TPSA) is 44.8 Å². The summed E-state index contributed by atoms with van der Waals surface area (Å²) in [5.41, 5.74) is 2.48. The number of hydrogen-bond acceptors (Lipinski definition) is 4. The molecule has 25 heavy (non-hydrogen) atoms. The molecule has 2 saturated heterocycles. The van der Waals surface area contributed by atoms with Crippen molar-refractivity contribution in [3.05, 3.63) is 29.8 Å². The molecule has 138 valence electrons. The molecule has 1 amide bonds. The van der Waals surface area contributed by atoms with Crippen molar-refractivity contribution in [2.45, 2.75) is 38.8 Å². The van der Waals surface area contributed by atoms with Crippen LogP contribution in [0.5, 0.6) is 0 Å². The third kappa shape index (κ3) is 4.53. The predicted molar refractivity (Wildman–Crippen MR) is 101 cm³/mol. The second-order valence-corrected chi connectivity index (χ2v) is 7.13. The molecule has 0 aliphatic carbocycles. The van der Waals surface area contributed by atoms with Crippen LogP contribution >= 0.6 is 0 Å². The van der Waals surface area contributed by atoms with Crippen LogP contribution in [0.1, 0.15) is 31.7 Å². The van der Waals surface area contributed by atoms with Crippen molar-refractivity contribution in [3.63, 3.8) is 0 Å². The van der Waals surface area contributed by atoms with Gasteiger partial charge in [0.1, 0.15) is 0 Å². The molecular weight excluding hydrogens is 314 g/mol. The highest BCUT2D eigenvalue weighted by Crippen LogP contribution is 2.22. The number of rotatable bonds is 6. The summed E-state index contributed by atoms with van der Waals surface area (Å²) in [5, 5.41) is 3.29. The first-order valence-corrected chi connectivity index (χ1v) is 9.57. The van der Waals surface area contributed by atoms with Crippen LogP contribution in [-0.4, -0.2) is 56.7 Å². The van der Waals surface area contributed by atoms with E-state index in [4.69, 9.17) is 4.74 Å². The van der Waals surface area contributed by atoms with Crippen LogP contribution < -0.4 is 10.2 Å². The zero-order valence-electron chi connectivity index (χ0n) is 15.5. The van der Waals surface area contributed by atoms with Crippen molar-refractivity contribution in [3.8, 4) is 0 Å². The monoisotopic (exact) mass is 345 g/mol. The summed E-state index contributed by atoms with van der Waals surface area (Å²) in [6.45, 7) is 7.42. The van der Waals surface area contributed by atoms with E-state index < -0.39 is 0 Å². The molecule has 3 rings (SSSR count).